The van der Waals surface area contributed by atoms with Gasteiger partial charge < -0.3 is 11.1 Å². The minimum absolute atomic E-state index is 0.00924. The molecule has 2 saturated carbocycles. The average Bonchev–Trinajstić information content (AvgIpc) is 2.73. The van der Waals surface area contributed by atoms with Gasteiger partial charge in [-0.1, -0.05) is 19.8 Å². The van der Waals surface area contributed by atoms with Crippen molar-refractivity contribution >= 4 is 11.9 Å². The van der Waals surface area contributed by atoms with Crippen molar-refractivity contribution in [3.63, 3.8) is 0 Å². The molecule has 0 bridgehead atoms. The van der Waals surface area contributed by atoms with Gasteiger partial charge in [-0.15, -0.1) is 0 Å². The van der Waals surface area contributed by atoms with Crippen molar-refractivity contribution in [3.05, 3.63) is 0 Å². The molecule has 0 radical (unpaired) electrons. The Hall–Kier alpha value is -1.10. The quantitative estimate of drug-likeness (QED) is 0.765. The van der Waals surface area contributed by atoms with Gasteiger partial charge >= 0.3 is 6.03 Å². The van der Waals surface area contributed by atoms with Crippen molar-refractivity contribution in [2.75, 3.05) is 6.54 Å². The van der Waals surface area contributed by atoms with Crippen molar-refractivity contribution in [1.29, 1.82) is 0 Å². The van der Waals surface area contributed by atoms with Crippen LogP contribution in [0.3, 0.4) is 0 Å². The number of imide groups is 1. The molecule has 5 heteroatoms. The number of nitrogens with one attached hydrogen (secondary N) is 1. The molecule has 0 aromatic carbocycles. The van der Waals surface area contributed by atoms with Crippen LogP contribution in [0.5, 0.6) is 0 Å². The molecule has 1 aliphatic heterocycles. The van der Waals surface area contributed by atoms with Crippen molar-refractivity contribution < 1.29 is 9.59 Å². The average molecular weight is 293 g/mol. The molecule has 118 valence electrons. The summed E-state index contributed by atoms with van der Waals surface area (Å²) in [6, 6.07) is -0.171. The van der Waals surface area contributed by atoms with E-state index in [0.29, 0.717) is 12.5 Å². The lowest BCUT2D eigenvalue weighted by Gasteiger charge is -2.37. The number of urea groups is 1. The first-order chi connectivity index (χ1) is 10.1. The molecule has 2 atom stereocenters. The molecule has 2 aliphatic carbocycles. The van der Waals surface area contributed by atoms with Crippen LogP contribution in [0.4, 0.5) is 4.79 Å². The van der Waals surface area contributed by atoms with Gasteiger partial charge in [0.15, 0.2) is 0 Å². The standard InChI is InChI=1S/C16H27N3O2/c1-11-6-8-16(9-7-11)14(20)19(15(21)18-16)13-5-3-2-4-12(13)10-17/h11-13H,2-10,17H2,1H3,(H,18,21). The lowest BCUT2D eigenvalue weighted by Crippen LogP contribution is -2.52. The Balaban J connectivity index is 1.80. The van der Waals surface area contributed by atoms with Crippen LogP contribution < -0.4 is 11.1 Å². The highest BCUT2D eigenvalue weighted by atomic mass is 16.2. The zero-order chi connectivity index (χ0) is 15.0. The van der Waals surface area contributed by atoms with Gasteiger partial charge in [0.2, 0.25) is 0 Å². The number of amides is 3. The van der Waals surface area contributed by atoms with Gasteiger partial charge in [0, 0.05) is 6.04 Å². The molecule has 3 aliphatic rings. The number of carbonyl (C=O) groups is 2. The Morgan fingerprint density at radius 2 is 1.86 bits per heavy atom. The summed E-state index contributed by atoms with van der Waals surface area (Å²) in [4.78, 5) is 26.9. The summed E-state index contributed by atoms with van der Waals surface area (Å²) in [6.45, 7) is 2.78. The third-order valence-corrected chi connectivity index (χ3v) is 5.82. The molecule has 2 unspecified atom stereocenters. The van der Waals surface area contributed by atoms with Gasteiger partial charge in [-0.25, -0.2) is 4.79 Å². The maximum atomic E-state index is 13.0. The van der Waals surface area contributed by atoms with E-state index in [1.807, 2.05) is 0 Å². The lowest BCUT2D eigenvalue weighted by atomic mass is 9.76. The Morgan fingerprint density at radius 1 is 1.19 bits per heavy atom. The first-order valence-electron chi connectivity index (χ1n) is 8.43. The summed E-state index contributed by atoms with van der Waals surface area (Å²) < 4.78 is 0. The summed E-state index contributed by atoms with van der Waals surface area (Å²) in [6.07, 6.45) is 7.79. The molecule has 5 nitrogen and oxygen atoms in total. The Bertz CT molecular complexity index is 429. The highest BCUT2D eigenvalue weighted by Gasteiger charge is 2.54. The van der Waals surface area contributed by atoms with Gasteiger partial charge in [-0.3, -0.25) is 9.69 Å². The summed E-state index contributed by atoms with van der Waals surface area (Å²) >= 11 is 0. The highest BCUT2D eigenvalue weighted by Crippen LogP contribution is 2.39. The maximum absolute atomic E-state index is 13.0. The van der Waals surface area contributed by atoms with Gasteiger partial charge in [-0.05, 0) is 56.9 Å². The van der Waals surface area contributed by atoms with E-state index in [0.717, 1.165) is 51.4 Å². The van der Waals surface area contributed by atoms with Crippen LogP contribution in [-0.4, -0.2) is 35.0 Å². The summed E-state index contributed by atoms with van der Waals surface area (Å²) in [7, 11) is 0. The molecule has 21 heavy (non-hydrogen) atoms. The van der Waals surface area contributed by atoms with E-state index in [1.54, 1.807) is 0 Å². The number of nitrogens with zero attached hydrogens (tertiary/aromatic N) is 1. The first kappa shape index (κ1) is 14.8. The molecule has 3 amide bonds. The third-order valence-electron chi connectivity index (χ3n) is 5.82. The fourth-order valence-electron chi connectivity index (χ4n) is 4.34. The van der Waals surface area contributed by atoms with E-state index in [9.17, 15) is 9.59 Å². The van der Waals surface area contributed by atoms with E-state index in [2.05, 4.69) is 12.2 Å². The number of carbonyl (C=O) groups excluding carboxylic acids is 2. The molecular weight excluding hydrogens is 266 g/mol. The van der Waals surface area contributed by atoms with E-state index in [-0.39, 0.29) is 23.9 Å². The Kier molecular flexibility index (Phi) is 3.95. The zero-order valence-corrected chi connectivity index (χ0v) is 12.9. The van der Waals surface area contributed by atoms with Gasteiger partial charge in [0.25, 0.3) is 5.91 Å². The fourth-order valence-corrected chi connectivity index (χ4v) is 4.34. The zero-order valence-electron chi connectivity index (χ0n) is 12.9. The molecular formula is C16H27N3O2. The third kappa shape index (κ3) is 2.45. The second kappa shape index (κ2) is 5.59. The molecule has 1 heterocycles. The number of hydrogen-bond donors (Lipinski definition) is 2. The highest BCUT2D eigenvalue weighted by molar-refractivity contribution is 6.07. The van der Waals surface area contributed by atoms with Crippen LogP contribution in [0, 0.1) is 11.8 Å². The van der Waals surface area contributed by atoms with E-state index in [4.69, 9.17) is 5.73 Å². The number of rotatable bonds is 2. The molecule has 3 N–H and O–H groups in total. The predicted octanol–water partition coefficient (Wildman–Crippen LogP) is 2.00. The first-order valence-corrected chi connectivity index (χ1v) is 8.43. The summed E-state index contributed by atoms with van der Waals surface area (Å²) in [5.74, 6) is 0.941. The summed E-state index contributed by atoms with van der Waals surface area (Å²) in [5, 5.41) is 3.03. The van der Waals surface area contributed by atoms with E-state index < -0.39 is 5.54 Å². The van der Waals surface area contributed by atoms with Crippen molar-refractivity contribution in [3.8, 4) is 0 Å². The van der Waals surface area contributed by atoms with E-state index >= 15 is 0 Å². The largest absolute Gasteiger partial charge is 0.330 e. The second-order valence-corrected chi connectivity index (χ2v) is 7.22. The predicted molar refractivity (Wildman–Crippen MR) is 80.5 cm³/mol. The van der Waals surface area contributed by atoms with Crippen molar-refractivity contribution in [2.24, 2.45) is 17.6 Å². The smallest absolute Gasteiger partial charge is 0.325 e. The second-order valence-electron chi connectivity index (χ2n) is 7.22. The van der Waals surface area contributed by atoms with Crippen LogP contribution in [0.15, 0.2) is 0 Å². The molecule has 1 spiro atoms. The van der Waals surface area contributed by atoms with Crippen LogP contribution in [0.2, 0.25) is 0 Å². The summed E-state index contributed by atoms with van der Waals surface area (Å²) in [5.41, 5.74) is 5.26. The normalized spacial score (nSPS) is 40.7. The van der Waals surface area contributed by atoms with Gasteiger partial charge in [0.05, 0.1) is 0 Å². The topological polar surface area (TPSA) is 75.4 Å². The SMILES string of the molecule is CC1CCC2(CC1)NC(=O)N(C1CCCCC1CN)C2=O. The minimum atomic E-state index is -0.611. The van der Waals surface area contributed by atoms with Crippen LogP contribution in [0.25, 0.3) is 0 Å². The number of hydrogen-bond acceptors (Lipinski definition) is 3. The Morgan fingerprint density at radius 3 is 2.52 bits per heavy atom. The van der Waals surface area contributed by atoms with Gasteiger partial charge in [-0.2, -0.15) is 0 Å². The van der Waals surface area contributed by atoms with Crippen molar-refractivity contribution in [1.82, 2.24) is 10.2 Å². The molecule has 3 fully saturated rings. The van der Waals surface area contributed by atoms with Crippen molar-refractivity contribution in [2.45, 2.75) is 69.9 Å². The number of nitrogens with two attached hydrogens (primary N) is 1. The lowest BCUT2D eigenvalue weighted by molar-refractivity contribution is -0.135. The van der Waals surface area contributed by atoms with Crippen LogP contribution in [-0.2, 0) is 4.79 Å². The van der Waals surface area contributed by atoms with Crippen LogP contribution in [0.1, 0.15) is 58.3 Å². The maximum Gasteiger partial charge on any atom is 0.325 e. The van der Waals surface area contributed by atoms with Crippen LogP contribution >= 0.6 is 0 Å². The monoisotopic (exact) mass is 293 g/mol. The molecule has 0 aromatic heterocycles. The minimum Gasteiger partial charge on any atom is -0.330 e. The van der Waals surface area contributed by atoms with Gasteiger partial charge in [0.1, 0.15) is 5.54 Å². The fraction of sp³-hybridized carbons (Fsp3) is 0.875. The molecule has 1 saturated heterocycles. The molecule has 3 rings (SSSR count). The molecule has 0 aromatic rings. The van der Waals surface area contributed by atoms with E-state index in [1.165, 1.54) is 4.90 Å². The Labute approximate surface area is 126 Å².